The minimum absolute atomic E-state index is 0.0683. The molecule has 2 aromatic rings. The number of aromatic nitrogens is 3. The zero-order chi connectivity index (χ0) is 13.9. The van der Waals surface area contributed by atoms with Crippen molar-refractivity contribution in [1.82, 2.24) is 19.9 Å². The lowest BCUT2D eigenvalue weighted by molar-refractivity contribution is 0.0598. The summed E-state index contributed by atoms with van der Waals surface area (Å²) in [7, 11) is 0. The molecule has 0 N–H and O–H groups in total. The van der Waals surface area contributed by atoms with Gasteiger partial charge in [-0.25, -0.2) is 15.0 Å². The molecule has 1 fully saturated rings. The van der Waals surface area contributed by atoms with Crippen molar-refractivity contribution in [3.05, 3.63) is 40.4 Å². The number of piperidine rings is 1. The van der Waals surface area contributed by atoms with Gasteiger partial charge in [-0.15, -0.1) is 11.3 Å². The van der Waals surface area contributed by atoms with Crippen molar-refractivity contribution in [3.8, 4) is 0 Å². The van der Waals surface area contributed by atoms with E-state index in [1.165, 1.54) is 0 Å². The summed E-state index contributed by atoms with van der Waals surface area (Å²) < 4.78 is 0. The molecular weight excluding hydrogens is 272 g/mol. The minimum Gasteiger partial charge on any atom is -0.326 e. The van der Waals surface area contributed by atoms with Crippen LogP contribution in [0.1, 0.15) is 46.6 Å². The maximum Gasteiger partial charge on any atom is 0.292 e. The highest BCUT2D eigenvalue weighted by molar-refractivity contribution is 7.09. The van der Waals surface area contributed by atoms with Crippen LogP contribution in [0.4, 0.5) is 0 Å². The normalized spacial score (nSPS) is 19.1. The van der Waals surface area contributed by atoms with Gasteiger partial charge < -0.3 is 4.90 Å². The number of rotatable bonds is 2. The first kappa shape index (κ1) is 13.2. The van der Waals surface area contributed by atoms with Crippen LogP contribution in [-0.2, 0) is 0 Å². The van der Waals surface area contributed by atoms with E-state index in [9.17, 15) is 4.79 Å². The number of thiazole rings is 1. The van der Waals surface area contributed by atoms with Crippen LogP contribution in [0, 0.1) is 6.92 Å². The highest BCUT2D eigenvalue weighted by Crippen LogP contribution is 2.33. The number of aryl methyl sites for hydroxylation is 1. The second-order valence-corrected chi connectivity index (χ2v) is 5.80. The quantitative estimate of drug-likeness (QED) is 0.852. The molecule has 1 amide bonds. The van der Waals surface area contributed by atoms with Crippen LogP contribution in [0.25, 0.3) is 0 Å². The Labute approximate surface area is 121 Å². The molecule has 20 heavy (non-hydrogen) atoms. The second kappa shape index (κ2) is 5.66. The van der Waals surface area contributed by atoms with Crippen LogP contribution in [0.5, 0.6) is 0 Å². The van der Waals surface area contributed by atoms with E-state index in [1.54, 1.807) is 29.8 Å². The Morgan fingerprint density at radius 2 is 2.15 bits per heavy atom. The highest BCUT2D eigenvalue weighted by atomic mass is 32.1. The van der Waals surface area contributed by atoms with E-state index in [2.05, 4.69) is 15.0 Å². The van der Waals surface area contributed by atoms with Gasteiger partial charge in [0.2, 0.25) is 5.82 Å². The molecule has 104 valence electrons. The van der Waals surface area contributed by atoms with E-state index >= 15 is 0 Å². The van der Waals surface area contributed by atoms with Crippen molar-refractivity contribution in [2.75, 3.05) is 6.54 Å². The van der Waals surface area contributed by atoms with E-state index < -0.39 is 0 Å². The minimum atomic E-state index is -0.0943. The third-order valence-corrected chi connectivity index (χ3v) is 4.51. The van der Waals surface area contributed by atoms with E-state index in [1.807, 2.05) is 17.2 Å². The van der Waals surface area contributed by atoms with Gasteiger partial charge >= 0.3 is 0 Å². The highest BCUT2D eigenvalue weighted by Gasteiger charge is 2.31. The maximum atomic E-state index is 12.6. The molecule has 3 heterocycles. The Kier molecular flexibility index (Phi) is 3.73. The SMILES string of the molecule is Cc1csc([C@@H]2CCCCN2C(=O)c2ncccn2)n1. The molecule has 1 atom stereocenters. The summed E-state index contributed by atoms with van der Waals surface area (Å²) in [6, 6.07) is 1.79. The van der Waals surface area contributed by atoms with Crippen molar-refractivity contribution in [2.45, 2.75) is 32.2 Å². The number of hydrogen-bond acceptors (Lipinski definition) is 5. The molecule has 1 aliphatic rings. The molecule has 0 aliphatic carbocycles. The van der Waals surface area contributed by atoms with Gasteiger partial charge in [-0.3, -0.25) is 4.79 Å². The van der Waals surface area contributed by atoms with Gasteiger partial charge in [0.25, 0.3) is 5.91 Å². The largest absolute Gasteiger partial charge is 0.326 e. The van der Waals surface area contributed by atoms with Crippen molar-refractivity contribution in [2.24, 2.45) is 0 Å². The number of carbonyl (C=O) groups is 1. The Morgan fingerprint density at radius 1 is 1.35 bits per heavy atom. The van der Waals surface area contributed by atoms with Crippen LogP contribution in [0.15, 0.2) is 23.8 Å². The van der Waals surface area contributed by atoms with E-state index in [-0.39, 0.29) is 17.8 Å². The summed E-state index contributed by atoms with van der Waals surface area (Å²) in [5.74, 6) is 0.177. The van der Waals surface area contributed by atoms with Gasteiger partial charge in [0, 0.05) is 30.0 Å². The van der Waals surface area contributed by atoms with Crippen LogP contribution < -0.4 is 0 Å². The van der Waals surface area contributed by atoms with Crippen molar-refractivity contribution in [1.29, 1.82) is 0 Å². The van der Waals surface area contributed by atoms with Gasteiger partial charge in [0.1, 0.15) is 5.01 Å². The summed E-state index contributed by atoms with van der Waals surface area (Å²) in [5.41, 5.74) is 1.01. The third-order valence-electron chi connectivity index (χ3n) is 3.44. The molecule has 2 aromatic heterocycles. The fourth-order valence-electron chi connectivity index (χ4n) is 2.49. The third kappa shape index (κ3) is 2.56. The fraction of sp³-hybridized carbons (Fsp3) is 0.429. The van der Waals surface area contributed by atoms with Crippen molar-refractivity contribution in [3.63, 3.8) is 0 Å². The first-order chi connectivity index (χ1) is 9.75. The maximum absolute atomic E-state index is 12.6. The number of likely N-dealkylation sites (tertiary alicyclic amines) is 1. The number of carbonyl (C=O) groups excluding carboxylic acids is 1. The predicted molar refractivity (Wildman–Crippen MR) is 76.5 cm³/mol. The number of hydrogen-bond donors (Lipinski definition) is 0. The molecule has 5 nitrogen and oxygen atoms in total. The topological polar surface area (TPSA) is 59.0 Å². The summed E-state index contributed by atoms with van der Waals surface area (Å²) in [6.45, 7) is 2.73. The molecule has 0 saturated carbocycles. The number of amides is 1. The van der Waals surface area contributed by atoms with Crippen LogP contribution >= 0.6 is 11.3 Å². The van der Waals surface area contributed by atoms with Crippen LogP contribution in [-0.4, -0.2) is 32.3 Å². The zero-order valence-electron chi connectivity index (χ0n) is 11.3. The average Bonchev–Trinajstić information content (AvgIpc) is 2.94. The average molecular weight is 288 g/mol. The monoisotopic (exact) mass is 288 g/mol. The van der Waals surface area contributed by atoms with Gasteiger partial charge in [0.05, 0.1) is 6.04 Å². The Morgan fingerprint density at radius 3 is 2.85 bits per heavy atom. The molecule has 1 saturated heterocycles. The molecule has 0 radical (unpaired) electrons. The lowest BCUT2D eigenvalue weighted by Gasteiger charge is -2.33. The van der Waals surface area contributed by atoms with Crippen LogP contribution in [0.2, 0.25) is 0 Å². The van der Waals surface area contributed by atoms with Gasteiger partial charge in [0.15, 0.2) is 0 Å². The Balaban J connectivity index is 1.87. The first-order valence-electron chi connectivity index (χ1n) is 6.76. The van der Waals surface area contributed by atoms with Gasteiger partial charge in [-0.05, 0) is 32.3 Å². The van der Waals surface area contributed by atoms with Crippen molar-refractivity contribution < 1.29 is 4.79 Å². The standard InChI is InChI=1S/C14H16N4OS/c1-10-9-20-13(17-10)11-5-2-3-8-18(11)14(19)12-15-6-4-7-16-12/h4,6-7,9,11H,2-3,5,8H2,1H3/t11-/m0/s1. The van der Waals surface area contributed by atoms with Crippen molar-refractivity contribution >= 4 is 17.2 Å². The Hall–Kier alpha value is -1.82. The summed E-state index contributed by atoms with van der Waals surface area (Å²) >= 11 is 1.63. The molecule has 0 aromatic carbocycles. The fourth-order valence-corrected chi connectivity index (χ4v) is 3.44. The zero-order valence-corrected chi connectivity index (χ0v) is 12.1. The van der Waals surface area contributed by atoms with Gasteiger partial charge in [-0.2, -0.15) is 0 Å². The Bertz CT molecular complexity index is 598. The molecular formula is C14H16N4OS. The molecule has 1 aliphatic heterocycles. The van der Waals surface area contributed by atoms with Crippen LogP contribution in [0.3, 0.4) is 0 Å². The first-order valence-corrected chi connectivity index (χ1v) is 7.63. The van der Waals surface area contributed by atoms with E-state index in [0.29, 0.717) is 0 Å². The lowest BCUT2D eigenvalue weighted by Crippen LogP contribution is -2.39. The summed E-state index contributed by atoms with van der Waals surface area (Å²) in [4.78, 5) is 27.1. The van der Waals surface area contributed by atoms with E-state index in [0.717, 1.165) is 36.5 Å². The van der Waals surface area contributed by atoms with E-state index in [4.69, 9.17) is 0 Å². The molecule has 3 rings (SSSR count). The smallest absolute Gasteiger partial charge is 0.292 e. The second-order valence-electron chi connectivity index (χ2n) is 4.91. The molecule has 0 unspecified atom stereocenters. The molecule has 6 heteroatoms. The lowest BCUT2D eigenvalue weighted by atomic mass is 10.0. The molecule has 0 bridgehead atoms. The molecule has 0 spiro atoms. The van der Waals surface area contributed by atoms with Gasteiger partial charge in [-0.1, -0.05) is 0 Å². The number of nitrogens with zero attached hydrogens (tertiary/aromatic N) is 4. The summed E-state index contributed by atoms with van der Waals surface area (Å²) in [5, 5.41) is 3.05. The summed E-state index contributed by atoms with van der Waals surface area (Å²) in [6.07, 6.45) is 6.33. The predicted octanol–water partition coefficient (Wildman–Crippen LogP) is 2.61.